The fourth-order valence-corrected chi connectivity index (χ4v) is 1.48. The number of rotatable bonds is 4. The number of hydrogen-bond acceptors (Lipinski definition) is 4. The number of hydrogen-bond donors (Lipinski definition) is 0. The fourth-order valence-electron chi connectivity index (χ4n) is 1.19. The van der Waals surface area contributed by atoms with Crippen molar-refractivity contribution < 1.29 is 13.9 Å². The van der Waals surface area contributed by atoms with Gasteiger partial charge in [-0.15, -0.1) is 0 Å². The second kappa shape index (κ2) is 5.03. The summed E-state index contributed by atoms with van der Waals surface area (Å²) in [6.07, 6.45) is 1.52. The Morgan fingerprint density at radius 3 is 2.88 bits per heavy atom. The third-order valence-corrected chi connectivity index (χ3v) is 2.29. The minimum atomic E-state index is 0.290. The highest BCUT2D eigenvalue weighted by molar-refractivity contribution is 9.10. The molecule has 2 rings (SSSR count). The van der Waals surface area contributed by atoms with E-state index in [1.54, 1.807) is 13.2 Å². The smallest absolute Gasteiger partial charge is 0.233 e. The minimum Gasteiger partial charge on any atom is -0.497 e. The van der Waals surface area contributed by atoms with Crippen LogP contribution in [0.2, 0.25) is 0 Å². The van der Waals surface area contributed by atoms with Crippen LogP contribution in [0.1, 0.15) is 5.89 Å². The molecule has 0 aliphatic heterocycles. The standard InChI is InChI=1S/C11H10BrNO3/c1-14-8-3-2-4-9(5-8)15-7-11-13-10(12)6-16-11/h2-6H,7H2,1H3. The van der Waals surface area contributed by atoms with E-state index in [2.05, 4.69) is 20.9 Å². The molecule has 0 unspecified atom stereocenters. The van der Waals surface area contributed by atoms with Crippen LogP contribution < -0.4 is 9.47 Å². The van der Waals surface area contributed by atoms with Crippen LogP contribution in [0, 0.1) is 0 Å². The van der Waals surface area contributed by atoms with Crippen LogP contribution >= 0.6 is 15.9 Å². The maximum atomic E-state index is 5.49. The number of benzene rings is 1. The molecule has 1 aromatic heterocycles. The van der Waals surface area contributed by atoms with E-state index in [-0.39, 0.29) is 0 Å². The van der Waals surface area contributed by atoms with Crippen molar-refractivity contribution in [1.29, 1.82) is 0 Å². The first-order chi connectivity index (χ1) is 7.78. The Hall–Kier alpha value is -1.49. The number of aromatic nitrogens is 1. The first kappa shape index (κ1) is 11.0. The van der Waals surface area contributed by atoms with Crippen LogP contribution in [0.5, 0.6) is 11.5 Å². The molecule has 0 saturated carbocycles. The topological polar surface area (TPSA) is 44.5 Å². The lowest BCUT2D eigenvalue weighted by molar-refractivity contribution is 0.261. The molecular weight excluding hydrogens is 274 g/mol. The van der Waals surface area contributed by atoms with Gasteiger partial charge in [0.1, 0.15) is 22.4 Å². The lowest BCUT2D eigenvalue weighted by Gasteiger charge is -2.05. The molecule has 2 aromatic rings. The second-order valence-corrected chi connectivity index (χ2v) is 3.84. The largest absolute Gasteiger partial charge is 0.497 e. The number of ether oxygens (including phenoxy) is 2. The number of nitrogens with zero attached hydrogens (tertiary/aromatic N) is 1. The molecule has 0 aliphatic rings. The molecule has 0 N–H and O–H groups in total. The Morgan fingerprint density at radius 2 is 2.19 bits per heavy atom. The Balaban J connectivity index is 1.99. The van der Waals surface area contributed by atoms with Crippen molar-refractivity contribution >= 4 is 15.9 Å². The van der Waals surface area contributed by atoms with Gasteiger partial charge in [0, 0.05) is 6.07 Å². The summed E-state index contributed by atoms with van der Waals surface area (Å²) in [7, 11) is 1.62. The third kappa shape index (κ3) is 2.76. The van der Waals surface area contributed by atoms with Crippen LogP contribution in [0.4, 0.5) is 0 Å². The highest BCUT2D eigenvalue weighted by Gasteiger charge is 2.03. The predicted octanol–water partition coefficient (Wildman–Crippen LogP) is 3.02. The van der Waals surface area contributed by atoms with Crippen molar-refractivity contribution in [2.75, 3.05) is 7.11 Å². The van der Waals surface area contributed by atoms with E-state index >= 15 is 0 Å². The van der Waals surface area contributed by atoms with Crippen molar-refractivity contribution in [2.24, 2.45) is 0 Å². The summed E-state index contributed by atoms with van der Waals surface area (Å²) >= 11 is 3.20. The number of halogens is 1. The van der Waals surface area contributed by atoms with E-state index in [1.165, 1.54) is 6.26 Å². The van der Waals surface area contributed by atoms with Gasteiger partial charge in [0.15, 0.2) is 6.61 Å². The van der Waals surface area contributed by atoms with Crippen LogP contribution in [0.15, 0.2) is 39.5 Å². The van der Waals surface area contributed by atoms with Gasteiger partial charge in [-0.25, -0.2) is 4.98 Å². The summed E-state index contributed by atoms with van der Waals surface area (Å²) in [6, 6.07) is 7.37. The summed E-state index contributed by atoms with van der Waals surface area (Å²) < 4.78 is 16.4. The predicted molar refractivity (Wildman–Crippen MR) is 61.5 cm³/mol. The molecule has 0 radical (unpaired) electrons. The second-order valence-electron chi connectivity index (χ2n) is 3.03. The molecule has 0 aliphatic carbocycles. The molecule has 5 heteroatoms. The van der Waals surface area contributed by atoms with Gasteiger partial charge in [-0.1, -0.05) is 6.07 Å². The quantitative estimate of drug-likeness (QED) is 0.865. The Bertz CT molecular complexity index is 470. The Labute approximate surface area is 101 Å². The van der Waals surface area contributed by atoms with E-state index in [9.17, 15) is 0 Å². The first-order valence-electron chi connectivity index (χ1n) is 4.64. The van der Waals surface area contributed by atoms with Gasteiger partial charge in [0.25, 0.3) is 0 Å². The highest BCUT2D eigenvalue weighted by atomic mass is 79.9. The number of methoxy groups -OCH3 is 1. The summed E-state index contributed by atoms with van der Waals surface area (Å²) in [5.74, 6) is 1.99. The van der Waals surface area contributed by atoms with Gasteiger partial charge in [0.2, 0.25) is 5.89 Å². The van der Waals surface area contributed by atoms with Crippen LogP contribution in [0.25, 0.3) is 0 Å². The van der Waals surface area contributed by atoms with Gasteiger partial charge in [0.05, 0.1) is 7.11 Å². The molecule has 1 aromatic carbocycles. The average Bonchev–Trinajstić information content (AvgIpc) is 2.73. The van der Waals surface area contributed by atoms with Crippen molar-refractivity contribution in [2.45, 2.75) is 6.61 Å². The summed E-state index contributed by atoms with van der Waals surface area (Å²) in [6.45, 7) is 0.290. The first-order valence-corrected chi connectivity index (χ1v) is 5.44. The molecule has 16 heavy (non-hydrogen) atoms. The molecule has 0 saturated heterocycles. The van der Waals surface area contributed by atoms with E-state index < -0.39 is 0 Å². The normalized spacial score (nSPS) is 10.1. The van der Waals surface area contributed by atoms with E-state index in [0.717, 1.165) is 5.75 Å². The van der Waals surface area contributed by atoms with Crippen LogP contribution in [-0.4, -0.2) is 12.1 Å². The zero-order valence-electron chi connectivity index (χ0n) is 8.64. The van der Waals surface area contributed by atoms with Crippen molar-refractivity contribution in [3.8, 4) is 11.5 Å². The lowest BCUT2D eigenvalue weighted by atomic mass is 10.3. The maximum absolute atomic E-state index is 5.49. The lowest BCUT2D eigenvalue weighted by Crippen LogP contribution is -1.95. The van der Waals surface area contributed by atoms with Crippen molar-refractivity contribution in [1.82, 2.24) is 4.98 Å². The molecule has 0 amide bonds. The van der Waals surface area contributed by atoms with Crippen molar-refractivity contribution in [3.05, 3.63) is 41.0 Å². The zero-order chi connectivity index (χ0) is 11.4. The van der Waals surface area contributed by atoms with Gasteiger partial charge < -0.3 is 13.9 Å². The summed E-state index contributed by atoms with van der Waals surface area (Å²) in [5.41, 5.74) is 0. The third-order valence-electron chi connectivity index (χ3n) is 1.93. The molecule has 84 valence electrons. The summed E-state index contributed by atoms with van der Waals surface area (Å²) in [4.78, 5) is 4.06. The van der Waals surface area contributed by atoms with Gasteiger partial charge >= 0.3 is 0 Å². The molecule has 4 nitrogen and oxygen atoms in total. The Kier molecular flexibility index (Phi) is 3.46. The van der Waals surface area contributed by atoms with E-state index in [1.807, 2.05) is 18.2 Å². The number of oxazole rings is 1. The maximum Gasteiger partial charge on any atom is 0.233 e. The van der Waals surface area contributed by atoms with Gasteiger partial charge in [-0.05, 0) is 28.1 Å². The van der Waals surface area contributed by atoms with Gasteiger partial charge in [-0.3, -0.25) is 0 Å². The minimum absolute atomic E-state index is 0.290. The molecular formula is C11H10BrNO3. The van der Waals surface area contributed by atoms with Crippen molar-refractivity contribution in [3.63, 3.8) is 0 Å². The zero-order valence-corrected chi connectivity index (χ0v) is 10.2. The molecule has 0 spiro atoms. The van der Waals surface area contributed by atoms with Gasteiger partial charge in [-0.2, -0.15) is 0 Å². The SMILES string of the molecule is COc1cccc(OCc2nc(Br)co2)c1. The van der Waals surface area contributed by atoms with Crippen LogP contribution in [-0.2, 0) is 6.61 Å². The average molecular weight is 284 g/mol. The molecule has 0 bridgehead atoms. The summed E-state index contributed by atoms with van der Waals surface area (Å²) in [5, 5.41) is 0. The van der Waals surface area contributed by atoms with Crippen LogP contribution in [0.3, 0.4) is 0 Å². The Morgan fingerprint density at radius 1 is 1.38 bits per heavy atom. The molecule has 0 fully saturated rings. The molecule has 1 heterocycles. The van der Waals surface area contributed by atoms with E-state index in [4.69, 9.17) is 13.9 Å². The molecule has 0 atom stereocenters. The fraction of sp³-hybridized carbons (Fsp3) is 0.182. The highest BCUT2D eigenvalue weighted by Crippen LogP contribution is 2.20. The monoisotopic (exact) mass is 283 g/mol. The van der Waals surface area contributed by atoms with E-state index in [0.29, 0.717) is 22.9 Å².